The van der Waals surface area contributed by atoms with Crippen LogP contribution < -0.4 is 9.57 Å². The molecule has 0 aliphatic rings. The number of aromatic nitrogens is 1. The van der Waals surface area contributed by atoms with Crippen molar-refractivity contribution in [1.82, 2.24) is 0 Å². The van der Waals surface area contributed by atoms with E-state index in [2.05, 4.69) is 80.7 Å². The van der Waals surface area contributed by atoms with Crippen LogP contribution in [0.15, 0.2) is 66.9 Å². The fraction of sp³-hybridized carbons (Fsp3) is 0.559. The Hall–Kier alpha value is -2.35. The fourth-order valence-electron chi connectivity index (χ4n) is 5.29. The van der Waals surface area contributed by atoms with Crippen molar-refractivity contribution < 1.29 is 9.57 Å². The molecule has 2 nitrogen and oxygen atoms in total. The van der Waals surface area contributed by atoms with Gasteiger partial charge in [0.2, 0.25) is 11.9 Å². The van der Waals surface area contributed by atoms with Gasteiger partial charge in [-0.15, -0.1) is 0 Å². The highest BCUT2D eigenvalue weighted by Gasteiger charge is 2.19. The molecule has 2 aromatic carbocycles. The largest absolute Gasteiger partial charge is 0.268 e. The molecule has 0 N–H and O–H groups in total. The number of nitrogens with zero attached hydrogens (tertiary/aromatic N) is 1. The first-order valence-corrected chi connectivity index (χ1v) is 14.9. The van der Waals surface area contributed by atoms with Gasteiger partial charge in [-0.2, -0.15) is 0 Å². The minimum atomic E-state index is 0.289. The molecule has 1 atom stereocenters. The van der Waals surface area contributed by atoms with E-state index in [9.17, 15) is 0 Å². The Morgan fingerprint density at radius 1 is 0.611 bits per heavy atom. The molecule has 36 heavy (non-hydrogen) atoms. The number of hydrogen-bond acceptors (Lipinski definition) is 1. The van der Waals surface area contributed by atoms with Crippen molar-refractivity contribution in [3.63, 3.8) is 0 Å². The second-order valence-corrected chi connectivity index (χ2v) is 10.5. The Morgan fingerprint density at radius 3 is 1.97 bits per heavy atom. The molecule has 0 aliphatic heterocycles. The van der Waals surface area contributed by atoms with E-state index in [1.54, 1.807) is 0 Å². The van der Waals surface area contributed by atoms with Crippen LogP contribution in [0.2, 0.25) is 0 Å². The van der Waals surface area contributed by atoms with Crippen LogP contribution in [0.3, 0.4) is 0 Å². The van der Waals surface area contributed by atoms with Crippen LogP contribution in [0.1, 0.15) is 121 Å². The lowest BCUT2D eigenvalue weighted by atomic mass is 10.0. The summed E-state index contributed by atoms with van der Waals surface area (Å²) >= 11 is 0. The highest BCUT2D eigenvalue weighted by molar-refractivity contribution is 5.85. The molecule has 3 rings (SSSR count). The zero-order valence-corrected chi connectivity index (χ0v) is 23.1. The van der Waals surface area contributed by atoms with Gasteiger partial charge in [0.1, 0.15) is 0 Å². The molecule has 2 heteroatoms. The van der Waals surface area contributed by atoms with Crippen molar-refractivity contribution in [2.75, 3.05) is 0 Å². The van der Waals surface area contributed by atoms with Crippen LogP contribution in [0.25, 0.3) is 10.8 Å². The van der Waals surface area contributed by atoms with Gasteiger partial charge in [0, 0.05) is 16.9 Å². The van der Waals surface area contributed by atoms with E-state index in [1.807, 2.05) is 4.73 Å². The normalized spacial score (nSPS) is 12.2. The van der Waals surface area contributed by atoms with Gasteiger partial charge < -0.3 is 0 Å². The minimum absolute atomic E-state index is 0.289. The molecule has 3 aromatic rings. The SMILES string of the molecule is CCCCCCCCCCCCCCC(CCC)O[n+]1ccccc1Cc1cccc2ccccc12. The lowest BCUT2D eigenvalue weighted by Crippen LogP contribution is -2.50. The number of fused-ring (bicyclic) bond motifs is 1. The topological polar surface area (TPSA) is 13.1 Å². The summed E-state index contributed by atoms with van der Waals surface area (Å²) in [6.07, 6.45) is 23.4. The minimum Gasteiger partial charge on any atom is -0.268 e. The van der Waals surface area contributed by atoms with Gasteiger partial charge in [-0.1, -0.05) is 133 Å². The molecular formula is C34H50NO+. The lowest BCUT2D eigenvalue weighted by molar-refractivity contribution is -0.903. The van der Waals surface area contributed by atoms with Crippen LogP contribution in [0.4, 0.5) is 0 Å². The van der Waals surface area contributed by atoms with E-state index < -0.39 is 0 Å². The summed E-state index contributed by atoms with van der Waals surface area (Å²) < 4.78 is 2.04. The van der Waals surface area contributed by atoms with Crippen molar-refractivity contribution in [3.05, 3.63) is 78.1 Å². The van der Waals surface area contributed by atoms with E-state index in [0.29, 0.717) is 0 Å². The smallest absolute Gasteiger partial charge is 0.238 e. The van der Waals surface area contributed by atoms with Crippen molar-refractivity contribution in [1.29, 1.82) is 0 Å². The first-order chi connectivity index (χ1) is 17.8. The Bertz CT molecular complexity index is 976. The molecule has 1 heterocycles. The van der Waals surface area contributed by atoms with Crippen molar-refractivity contribution in [3.8, 4) is 0 Å². The second kappa shape index (κ2) is 17.2. The quantitative estimate of drug-likeness (QED) is 0.121. The van der Waals surface area contributed by atoms with E-state index in [-0.39, 0.29) is 6.10 Å². The summed E-state index contributed by atoms with van der Waals surface area (Å²) in [6, 6.07) is 21.7. The highest BCUT2D eigenvalue weighted by Crippen LogP contribution is 2.20. The van der Waals surface area contributed by atoms with Crippen LogP contribution in [0.5, 0.6) is 0 Å². The van der Waals surface area contributed by atoms with Crippen LogP contribution in [-0.4, -0.2) is 6.10 Å². The summed E-state index contributed by atoms with van der Waals surface area (Å²) in [5.74, 6) is 0. The summed E-state index contributed by atoms with van der Waals surface area (Å²) in [6.45, 7) is 4.56. The molecule has 0 bridgehead atoms. The number of benzene rings is 2. The summed E-state index contributed by atoms with van der Waals surface area (Å²) in [7, 11) is 0. The number of rotatable bonds is 19. The van der Waals surface area contributed by atoms with Gasteiger partial charge in [-0.05, 0) is 41.7 Å². The number of hydrogen-bond donors (Lipinski definition) is 0. The van der Waals surface area contributed by atoms with Crippen LogP contribution in [0, 0.1) is 0 Å². The van der Waals surface area contributed by atoms with Gasteiger partial charge >= 0.3 is 0 Å². The standard InChI is InChI=1S/C34H50NO/c1-3-5-6-7-8-9-10-11-12-13-14-15-26-33(21-4-2)36-35-28-19-18-25-32(35)29-31-24-20-23-30-22-16-17-27-34(30)31/h16-20,22-25,27-28,33H,3-15,21,26,29H2,1-2H3/q+1. The molecule has 1 unspecified atom stereocenters. The molecule has 0 amide bonds. The molecule has 0 fully saturated rings. The third-order valence-corrected chi connectivity index (χ3v) is 7.41. The van der Waals surface area contributed by atoms with Gasteiger partial charge in [0.25, 0.3) is 0 Å². The van der Waals surface area contributed by atoms with Gasteiger partial charge in [0.15, 0.2) is 6.10 Å². The number of unbranched alkanes of at least 4 members (excludes halogenated alkanes) is 11. The maximum atomic E-state index is 6.59. The average molecular weight is 489 g/mol. The van der Waals surface area contributed by atoms with Gasteiger partial charge in [0.05, 0.1) is 6.42 Å². The van der Waals surface area contributed by atoms with Crippen molar-refractivity contribution in [2.24, 2.45) is 0 Å². The molecule has 0 aliphatic carbocycles. The second-order valence-electron chi connectivity index (χ2n) is 10.5. The predicted molar refractivity (Wildman–Crippen MR) is 154 cm³/mol. The Morgan fingerprint density at radius 2 is 1.25 bits per heavy atom. The molecule has 0 saturated heterocycles. The van der Waals surface area contributed by atoms with Crippen LogP contribution in [-0.2, 0) is 6.42 Å². The molecular weight excluding hydrogens is 438 g/mol. The third-order valence-electron chi connectivity index (χ3n) is 7.41. The molecule has 0 spiro atoms. The lowest BCUT2D eigenvalue weighted by Gasteiger charge is -2.14. The first-order valence-electron chi connectivity index (χ1n) is 14.9. The first kappa shape index (κ1) is 28.2. The summed E-state index contributed by atoms with van der Waals surface area (Å²) in [5, 5.41) is 2.63. The molecule has 1 aromatic heterocycles. The van der Waals surface area contributed by atoms with Gasteiger partial charge in [-0.25, -0.2) is 0 Å². The summed E-state index contributed by atoms with van der Waals surface area (Å²) in [4.78, 5) is 6.59. The Kier molecular flexibility index (Phi) is 13.5. The van der Waals surface area contributed by atoms with Crippen molar-refractivity contribution in [2.45, 2.75) is 123 Å². The van der Waals surface area contributed by atoms with Crippen LogP contribution >= 0.6 is 0 Å². The third kappa shape index (κ3) is 9.96. The molecule has 0 saturated carbocycles. The zero-order valence-electron chi connectivity index (χ0n) is 23.1. The summed E-state index contributed by atoms with van der Waals surface area (Å²) in [5.41, 5.74) is 2.56. The highest BCUT2D eigenvalue weighted by atomic mass is 16.7. The predicted octanol–water partition coefficient (Wildman–Crippen LogP) is 9.41. The maximum Gasteiger partial charge on any atom is 0.238 e. The van der Waals surface area contributed by atoms with Gasteiger partial charge in [-0.3, -0.25) is 4.84 Å². The van der Waals surface area contributed by atoms with E-state index >= 15 is 0 Å². The maximum absolute atomic E-state index is 6.59. The van der Waals surface area contributed by atoms with E-state index in [1.165, 1.54) is 99.1 Å². The zero-order chi connectivity index (χ0) is 25.3. The number of pyridine rings is 1. The van der Waals surface area contributed by atoms with E-state index in [4.69, 9.17) is 4.84 Å². The van der Waals surface area contributed by atoms with E-state index in [0.717, 1.165) is 25.7 Å². The average Bonchev–Trinajstić information content (AvgIpc) is 2.90. The fourth-order valence-corrected chi connectivity index (χ4v) is 5.29. The molecule has 0 radical (unpaired) electrons. The molecule has 196 valence electrons. The van der Waals surface area contributed by atoms with Crippen molar-refractivity contribution >= 4 is 10.8 Å². The Labute approximate surface area is 221 Å². The Balaban J connectivity index is 1.42. The monoisotopic (exact) mass is 488 g/mol.